The van der Waals surface area contributed by atoms with Crippen LogP contribution >= 0.6 is 11.6 Å². The number of halogens is 1. The lowest BCUT2D eigenvalue weighted by atomic mass is 10.1. The van der Waals surface area contributed by atoms with Crippen molar-refractivity contribution in [1.82, 2.24) is 20.2 Å². The Morgan fingerprint density at radius 1 is 1.47 bits per heavy atom. The van der Waals surface area contributed by atoms with Gasteiger partial charge in [-0.2, -0.15) is 15.1 Å². The third kappa shape index (κ3) is 2.65. The van der Waals surface area contributed by atoms with Crippen molar-refractivity contribution in [2.75, 3.05) is 19.0 Å². The Kier molecular flexibility index (Phi) is 3.17. The van der Waals surface area contributed by atoms with E-state index in [-0.39, 0.29) is 10.8 Å². The first kappa shape index (κ1) is 12.1. The smallest absolute Gasteiger partial charge is 0.226 e. The van der Waals surface area contributed by atoms with Gasteiger partial charge in [-0.25, -0.2) is 0 Å². The second kappa shape index (κ2) is 4.46. The highest BCUT2D eigenvalue weighted by Gasteiger charge is 2.20. The lowest BCUT2D eigenvalue weighted by Crippen LogP contribution is -2.36. The lowest BCUT2D eigenvalue weighted by Gasteiger charge is -2.26. The minimum absolute atomic E-state index is 0.178. The number of hydrogen-bond donors (Lipinski definition) is 2. The summed E-state index contributed by atoms with van der Waals surface area (Å²) < 4.78 is 5.14. The van der Waals surface area contributed by atoms with Crippen molar-refractivity contribution in [2.24, 2.45) is 0 Å². The van der Waals surface area contributed by atoms with Crippen LogP contribution in [0.3, 0.4) is 0 Å². The van der Waals surface area contributed by atoms with E-state index >= 15 is 0 Å². The van der Waals surface area contributed by atoms with Gasteiger partial charge in [0.05, 0.1) is 23.7 Å². The largest absolute Gasteiger partial charge is 0.382 e. The predicted octanol–water partition coefficient (Wildman–Crippen LogP) is 1.84. The van der Waals surface area contributed by atoms with Crippen molar-refractivity contribution in [3.8, 4) is 0 Å². The molecule has 7 heteroatoms. The van der Waals surface area contributed by atoms with Crippen LogP contribution < -0.4 is 5.32 Å². The molecule has 2 heterocycles. The summed E-state index contributed by atoms with van der Waals surface area (Å²) in [5, 5.41) is 10.9. The van der Waals surface area contributed by atoms with E-state index in [1.165, 1.54) is 0 Å². The molecule has 0 unspecified atom stereocenters. The monoisotopic (exact) mass is 255 g/mol. The van der Waals surface area contributed by atoms with Crippen LogP contribution in [-0.4, -0.2) is 39.4 Å². The van der Waals surface area contributed by atoms with Gasteiger partial charge in [0.2, 0.25) is 5.28 Å². The van der Waals surface area contributed by atoms with Crippen LogP contribution in [0.1, 0.15) is 13.8 Å². The van der Waals surface area contributed by atoms with Crippen molar-refractivity contribution in [3.63, 3.8) is 0 Å². The van der Waals surface area contributed by atoms with Gasteiger partial charge in [-0.1, -0.05) is 0 Å². The minimum Gasteiger partial charge on any atom is -0.382 e. The number of hydrogen-bond acceptors (Lipinski definition) is 5. The maximum atomic E-state index is 5.85. The van der Waals surface area contributed by atoms with Gasteiger partial charge in [0, 0.05) is 7.11 Å². The number of nitrogens with zero attached hydrogens (tertiary/aromatic N) is 3. The third-order valence-electron chi connectivity index (χ3n) is 2.24. The van der Waals surface area contributed by atoms with Crippen molar-refractivity contribution in [1.29, 1.82) is 0 Å². The van der Waals surface area contributed by atoms with Gasteiger partial charge in [0.25, 0.3) is 0 Å². The van der Waals surface area contributed by atoms with Crippen LogP contribution in [0.2, 0.25) is 5.28 Å². The summed E-state index contributed by atoms with van der Waals surface area (Å²) in [7, 11) is 1.66. The van der Waals surface area contributed by atoms with Gasteiger partial charge in [-0.3, -0.25) is 5.10 Å². The number of H-pyrrole nitrogens is 1. The molecule has 6 nitrogen and oxygen atoms in total. The molecule has 2 N–H and O–H groups in total. The molecular formula is C10H14ClN5O. The zero-order chi connectivity index (χ0) is 12.5. The van der Waals surface area contributed by atoms with Crippen molar-refractivity contribution >= 4 is 28.5 Å². The maximum Gasteiger partial charge on any atom is 0.226 e. The van der Waals surface area contributed by atoms with Crippen LogP contribution in [0.25, 0.3) is 11.0 Å². The molecule has 0 saturated carbocycles. The Bertz CT molecular complexity index is 524. The normalized spacial score (nSPS) is 12.0. The van der Waals surface area contributed by atoms with E-state index < -0.39 is 0 Å². The van der Waals surface area contributed by atoms with Gasteiger partial charge < -0.3 is 10.1 Å². The fourth-order valence-electron chi connectivity index (χ4n) is 1.62. The first-order chi connectivity index (χ1) is 8.02. The molecule has 0 fully saturated rings. The third-order valence-corrected chi connectivity index (χ3v) is 2.41. The van der Waals surface area contributed by atoms with Gasteiger partial charge >= 0.3 is 0 Å². The Labute approximate surface area is 104 Å². The Morgan fingerprint density at radius 2 is 2.24 bits per heavy atom. The van der Waals surface area contributed by atoms with E-state index in [1.807, 2.05) is 13.8 Å². The lowest BCUT2D eigenvalue weighted by molar-refractivity contribution is 0.158. The number of anilines is 1. The molecule has 2 aromatic rings. The van der Waals surface area contributed by atoms with Crippen LogP contribution in [0.15, 0.2) is 6.20 Å². The number of aromatic nitrogens is 4. The summed E-state index contributed by atoms with van der Waals surface area (Å²) in [5.74, 6) is 0.649. The second-order valence-electron chi connectivity index (χ2n) is 4.42. The van der Waals surface area contributed by atoms with Gasteiger partial charge in [0.1, 0.15) is 5.82 Å². The molecule has 2 aromatic heterocycles. The predicted molar refractivity (Wildman–Crippen MR) is 66.3 cm³/mol. The van der Waals surface area contributed by atoms with Crippen molar-refractivity contribution < 1.29 is 4.74 Å². The van der Waals surface area contributed by atoms with Crippen LogP contribution in [0.5, 0.6) is 0 Å². The number of methoxy groups -OCH3 is 1. The highest BCUT2D eigenvalue weighted by Crippen LogP contribution is 2.23. The average Bonchev–Trinajstić information content (AvgIpc) is 2.64. The topological polar surface area (TPSA) is 75.7 Å². The van der Waals surface area contributed by atoms with E-state index in [2.05, 4.69) is 25.5 Å². The fourth-order valence-corrected chi connectivity index (χ4v) is 1.79. The zero-order valence-corrected chi connectivity index (χ0v) is 10.7. The van der Waals surface area contributed by atoms with Crippen molar-refractivity contribution in [2.45, 2.75) is 19.4 Å². The van der Waals surface area contributed by atoms with E-state index in [9.17, 15) is 0 Å². The first-order valence-electron chi connectivity index (χ1n) is 5.15. The van der Waals surface area contributed by atoms with Gasteiger partial charge in [0.15, 0.2) is 5.65 Å². The Balaban J connectivity index is 2.37. The molecule has 0 aromatic carbocycles. The molecule has 2 rings (SSSR count). The zero-order valence-electron chi connectivity index (χ0n) is 9.91. The van der Waals surface area contributed by atoms with Crippen LogP contribution in [0, 0.1) is 0 Å². The number of nitrogens with one attached hydrogen (secondary N) is 2. The van der Waals surface area contributed by atoms with Crippen molar-refractivity contribution in [3.05, 3.63) is 11.5 Å². The van der Waals surface area contributed by atoms with E-state index in [1.54, 1.807) is 13.3 Å². The SMILES string of the molecule is COCC(C)(C)Nc1nc(Cl)nc2[nH]ncc12. The average molecular weight is 256 g/mol. The molecule has 92 valence electrons. The van der Waals surface area contributed by atoms with Gasteiger partial charge in [-0.15, -0.1) is 0 Å². The molecule has 0 aliphatic rings. The molecule has 0 atom stereocenters. The van der Waals surface area contributed by atoms with E-state index in [0.29, 0.717) is 18.1 Å². The molecule has 0 aliphatic heterocycles. The molecule has 0 spiro atoms. The minimum atomic E-state index is -0.253. The quantitative estimate of drug-likeness (QED) is 0.816. The Morgan fingerprint density at radius 3 is 2.94 bits per heavy atom. The summed E-state index contributed by atoms with van der Waals surface area (Å²) in [6.45, 7) is 4.57. The number of ether oxygens (including phenoxy) is 1. The molecule has 17 heavy (non-hydrogen) atoms. The molecular weight excluding hydrogens is 242 g/mol. The summed E-state index contributed by atoms with van der Waals surface area (Å²) in [6, 6.07) is 0. The van der Waals surface area contributed by atoms with Crippen LogP contribution in [0.4, 0.5) is 5.82 Å². The number of aromatic amines is 1. The number of fused-ring (bicyclic) bond motifs is 1. The van der Waals surface area contributed by atoms with E-state index in [4.69, 9.17) is 16.3 Å². The second-order valence-corrected chi connectivity index (χ2v) is 4.75. The highest BCUT2D eigenvalue weighted by atomic mass is 35.5. The van der Waals surface area contributed by atoms with E-state index in [0.717, 1.165) is 5.39 Å². The fraction of sp³-hybridized carbons (Fsp3) is 0.500. The molecule has 0 bridgehead atoms. The molecule has 0 radical (unpaired) electrons. The summed E-state index contributed by atoms with van der Waals surface area (Å²) in [6.07, 6.45) is 1.66. The Hall–Kier alpha value is -1.40. The molecule has 0 amide bonds. The number of rotatable bonds is 4. The summed E-state index contributed by atoms with van der Waals surface area (Å²) in [5.41, 5.74) is 0.358. The van der Waals surface area contributed by atoms with Gasteiger partial charge in [-0.05, 0) is 25.4 Å². The first-order valence-corrected chi connectivity index (χ1v) is 5.53. The highest BCUT2D eigenvalue weighted by molar-refractivity contribution is 6.28. The summed E-state index contributed by atoms with van der Waals surface area (Å²) >= 11 is 5.85. The molecule has 0 aliphatic carbocycles. The summed E-state index contributed by atoms with van der Waals surface area (Å²) in [4.78, 5) is 8.21. The maximum absolute atomic E-state index is 5.85. The standard InChI is InChI=1S/C10H14ClN5O/c1-10(2,5-17-3)15-7-6-4-12-16-8(6)14-9(11)13-7/h4H,5H2,1-3H3,(H2,12,13,14,15,16). The molecule has 0 saturated heterocycles. The van der Waals surface area contributed by atoms with Crippen LogP contribution in [-0.2, 0) is 4.74 Å².